The average Bonchev–Trinajstić information content (AvgIpc) is 3.29. The molecule has 0 aromatic heterocycles. The molecule has 1 saturated heterocycles. The summed E-state index contributed by atoms with van der Waals surface area (Å²) in [6.45, 7) is 0.176. The first-order valence-electron chi connectivity index (χ1n) is 12.7. The van der Waals surface area contributed by atoms with E-state index >= 15 is 0 Å². The lowest BCUT2D eigenvalue weighted by molar-refractivity contribution is -0.141. The molecule has 34 heavy (non-hydrogen) atoms. The Morgan fingerprint density at radius 1 is 1.03 bits per heavy atom. The normalized spacial score (nSPS) is 46.0. The van der Waals surface area contributed by atoms with Gasteiger partial charge in [0.25, 0.3) is 0 Å². The van der Waals surface area contributed by atoms with Crippen LogP contribution in [0.4, 0.5) is 4.39 Å². The molecule has 0 spiro atoms. The Kier molecular flexibility index (Phi) is 7.12. The van der Waals surface area contributed by atoms with Crippen molar-refractivity contribution in [3.05, 3.63) is 0 Å². The van der Waals surface area contributed by atoms with E-state index in [-0.39, 0.29) is 49.1 Å². The summed E-state index contributed by atoms with van der Waals surface area (Å²) in [6.07, 6.45) is 4.59. The largest absolute Gasteiger partial charge is 0.391 e. The number of rotatable bonds is 6. The second-order valence-electron chi connectivity index (χ2n) is 11.0. The van der Waals surface area contributed by atoms with Crippen LogP contribution in [0.1, 0.15) is 70.6 Å². The Morgan fingerprint density at radius 3 is 2.53 bits per heavy atom. The van der Waals surface area contributed by atoms with E-state index < -0.39 is 28.7 Å². The van der Waals surface area contributed by atoms with Gasteiger partial charge >= 0.3 is 0 Å². The van der Waals surface area contributed by atoms with Gasteiger partial charge in [-0.15, -0.1) is 11.6 Å². The third-order valence-electron chi connectivity index (χ3n) is 8.86. The molecule has 192 valence electrons. The lowest BCUT2D eigenvalue weighted by Crippen LogP contribution is -2.70. The standard InChI is InChI=1S/C24H36ClFN2O6/c25-16-3-2-15(10-17(16)26)32-12-21(30)27-23-5-7-24(8-6-23,20(29)11-23)28-22(31)14-1-4-18-19(9-14)34-13-33-18/h14-20,29H,1-13H2,(H,27,30)(H,28,31). The van der Waals surface area contributed by atoms with Crippen molar-refractivity contribution >= 4 is 23.4 Å². The monoisotopic (exact) mass is 502 g/mol. The molecule has 8 nitrogen and oxygen atoms in total. The van der Waals surface area contributed by atoms with Gasteiger partial charge in [0.1, 0.15) is 19.6 Å². The fourth-order valence-corrected chi connectivity index (χ4v) is 6.88. The number of halogens is 2. The molecule has 0 aromatic rings. The van der Waals surface area contributed by atoms with Gasteiger partial charge in [-0.1, -0.05) is 0 Å². The first-order chi connectivity index (χ1) is 16.3. The van der Waals surface area contributed by atoms with Crippen molar-refractivity contribution in [3.63, 3.8) is 0 Å². The summed E-state index contributed by atoms with van der Waals surface area (Å²) in [5.41, 5.74) is -1.13. The molecule has 5 aliphatic carbocycles. The number of aliphatic hydroxyl groups excluding tert-OH is 1. The topological polar surface area (TPSA) is 106 Å². The number of alkyl halides is 2. The molecule has 10 heteroatoms. The van der Waals surface area contributed by atoms with Crippen LogP contribution in [0.25, 0.3) is 0 Å². The predicted molar refractivity (Wildman–Crippen MR) is 121 cm³/mol. The molecular weight excluding hydrogens is 467 g/mol. The van der Waals surface area contributed by atoms with E-state index in [4.69, 9.17) is 25.8 Å². The first kappa shape index (κ1) is 24.7. The maximum absolute atomic E-state index is 13.8. The molecule has 0 radical (unpaired) electrons. The molecule has 1 aliphatic heterocycles. The smallest absolute Gasteiger partial charge is 0.246 e. The number of aliphatic hydroxyl groups is 1. The van der Waals surface area contributed by atoms with Crippen LogP contribution in [0.2, 0.25) is 0 Å². The highest BCUT2D eigenvalue weighted by atomic mass is 35.5. The molecule has 3 N–H and O–H groups in total. The molecule has 6 fully saturated rings. The van der Waals surface area contributed by atoms with Crippen LogP contribution in [0.3, 0.4) is 0 Å². The maximum atomic E-state index is 13.8. The number of carbonyl (C=O) groups excluding carboxylic acids is 2. The lowest BCUT2D eigenvalue weighted by atomic mass is 9.59. The summed E-state index contributed by atoms with van der Waals surface area (Å²) in [4.78, 5) is 25.7. The van der Waals surface area contributed by atoms with E-state index in [0.29, 0.717) is 58.2 Å². The Bertz CT molecular complexity index is 779. The number of hydrogen-bond acceptors (Lipinski definition) is 6. The summed E-state index contributed by atoms with van der Waals surface area (Å²) in [5, 5.41) is 16.8. The Morgan fingerprint density at radius 2 is 1.79 bits per heavy atom. The van der Waals surface area contributed by atoms with Crippen molar-refractivity contribution in [2.75, 3.05) is 13.4 Å². The highest BCUT2D eigenvalue weighted by molar-refractivity contribution is 6.21. The van der Waals surface area contributed by atoms with E-state index in [9.17, 15) is 19.1 Å². The fraction of sp³-hybridized carbons (Fsp3) is 0.917. The molecule has 6 aliphatic rings. The summed E-state index contributed by atoms with van der Waals surface area (Å²) in [6, 6.07) is 0. The van der Waals surface area contributed by atoms with Crippen LogP contribution in [-0.2, 0) is 23.8 Å². The SMILES string of the molecule is O=C(COC1CCC(Cl)C(F)C1)NC12CCC(NC(=O)C3CCC4OCOC4C3)(CC1)C(O)C2. The average molecular weight is 503 g/mol. The van der Waals surface area contributed by atoms with Crippen molar-refractivity contribution < 1.29 is 33.3 Å². The maximum Gasteiger partial charge on any atom is 0.246 e. The van der Waals surface area contributed by atoms with Gasteiger partial charge in [-0.25, -0.2) is 4.39 Å². The number of fused-ring (bicyclic) bond motifs is 4. The highest BCUT2D eigenvalue weighted by Gasteiger charge is 2.56. The zero-order valence-electron chi connectivity index (χ0n) is 19.5. The molecule has 2 amide bonds. The van der Waals surface area contributed by atoms with E-state index in [1.54, 1.807) is 0 Å². The van der Waals surface area contributed by atoms with Crippen molar-refractivity contribution in [2.24, 2.45) is 5.92 Å². The first-order valence-corrected chi connectivity index (χ1v) is 13.2. The van der Waals surface area contributed by atoms with Crippen LogP contribution < -0.4 is 10.6 Å². The van der Waals surface area contributed by atoms with Gasteiger partial charge in [0.2, 0.25) is 11.8 Å². The van der Waals surface area contributed by atoms with Crippen LogP contribution >= 0.6 is 11.6 Å². The van der Waals surface area contributed by atoms with Gasteiger partial charge in [-0.3, -0.25) is 9.59 Å². The molecular formula is C24H36ClFN2O6. The summed E-state index contributed by atoms with van der Waals surface area (Å²) in [7, 11) is 0. The molecule has 2 bridgehead atoms. The van der Waals surface area contributed by atoms with E-state index in [1.165, 1.54) is 0 Å². The summed E-state index contributed by atoms with van der Waals surface area (Å²) < 4.78 is 30.6. The Balaban J connectivity index is 1.10. The molecule has 7 atom stereocenters. The van der Waals surface area contributed by atoms with E-state index in [1.807, 2.05) is 0 Å². The lowest BCUT2D eigenvalue weighted by Gasteiger charge is -2.56. The molecule has 1 heterocycles. The van der Waals surface area contributed by atoms with Gasteiger partial charge in [0.15, 0.2) is 0 Å². The number of amides is 2. The second-order valence-corrected chi connectivity index (χ2v) is 11.6. The van der Waals surface area contributed by atoms with Crippen molar-refractivity contribution in [1.82, 2.24) is 10.6 Å². The summed E-state index contributed by atoms with van der Waals surface area (Å²) in [5.74, 6) is -0.393. The second kappa shape index (κ2) is 9.81. The van der Waals surface area contributed by atoms with Crippen LogP contribution in [0.15, 0.2) is 0 Å². The van der Waals surface area contributed by atoms with Crippen molar-refractivity contribution in [3.8, 4) is 0 Å². The van der Waals surface area contributed by atoms with Crippen LogP contribution in [-0.4, -0.2) is 77.4 Å². The van der Waals surface area contributed by atoms with E-state index in [2.05, 4.69) is 10.6 Å². The minimum atomic E-state index is -1.11. The van der Waals surface area contributed by atoms with Gasteiger partial charge < -0.3 is 30.0 Å². The van der Waals surface area contributed by atoms with E-state index in [0.717, 1.165) is 12.8 Å². The van der Waals surface area contributed by atoms with Gasteiger partial charge in [-0.2, -0.15) is 0 Å². The fourth-order valence-electron chi connectivity index (χ4n) is 6.65. The third kappa shape index (κ3) is 4.96. The summed E-state index contributed by atoms with van der Waals surface area (Å²) >= 11 is 5.92. The van der Waals surface area contributed by atoms with Gasteiger partial charge in [0.05, 0.1) is 35.3 Å². The van der Waals surface area contributed by atoms with Gasteiger partial charge in [-0.05, 0) is 64.2 Å². The zero-order valence-corrected chi connectivity index (χ0v) is 20.2. The molecule has 6 rings (SSSR count). The third-order valence-corrected chi connectivity index (χ3v) is 9.35. The van der Waals surface area contributed by atoms with Gasteiger partial charge in [0, 0.05) is 17.9 Å². The zero-order chi connectivity index (χ0) is 23.9. The Labute approximate surface area is 204 Å². The quantitative estimate of drug-likeness (QED) is 0.480. The van der Waals surface area contributed by atoms with Crippen molar-refractivity contribution in [2.45, 2.75) is 118 Å². The number of ether oxygens (including phenoxy) is 3. The van der Waals surface area contributed by atoms with Crippen LogP contribution in [0, 0.1) is 5.92 Å². The number of carbonyl (C=O) groups is 2. The predicted octanol–water partition coefficient (Wildman–Crippen LogP) is 2.09. The highest BCUT2D eigenvalue weighted by Crippen LogP contribution is 2.47. The number of hydrogen-bond donors (Lipinski definition) is 3. The molecule has 5 saturated carbocycles. The number of nitrogens with one attached hydrogen (secondary N) is 2. The minimum Gasteiger partial charge on any atom is -0.391 e. The van der Waals surface area contributed by atoms with Crippen molar-refractivity contribution in [1.29, 1.82) is 0 Å². The molecule has 0 aromatic carbocycles. The minimum absolute atomic E-state index is 0.0160. The van der Waals surface area contributed by atoms with Crippen LogP contribution in [0.5, 0.6) is 0 Å². The molecule has 7 unspecified atom stereocenters. The Hall–Kier alpha value is -1.00.